The highest BCUT2D eigenvalue weighted by molar-refractivity contribution is 7.89. The molecule has 1 saturated heterocycles. The molecule has 1 aliphatic carbocycles. The lowest BCUT2D eigenvalue weighted by atomic mass is 9.81. The molecular weight excluding hydrogens is 364 g/mol. The van der Waals surface area contributed by atoms with E-state index in [0.29, 0.717) is 18.0 Å². The third-order valence-electron chi connectivity index (χ3n) is 5.64. The van der Waals surface area contributed by atoms with E-state index in [9.17, 15) is 13.2 Å². The molecule has 1 heterocycles. The summed E-state index contributed by atoms with van der Waals surface area (Å²) in [5.41, 5.74) is 1.03. The zero-order valence-corrected chi connectivity index (χ0v) is 16.8. The molecule has 7 heteroatoms. The number of amides is 1. The van der Waals surface area contributed by atoms with Gasteiger partial charge >= 0.3 is 0 Å². The molecule has 27 heavy (non-hydrogen) atoms. The highest BCUT2D eigenvalue weighted by Crippen LogP contribution is 2.29. The summed E-state index contributed by atoms with van der Waals surface area (Å²) in [7, 11) is -3.47. The second kappa shape index (κ2) is 9.17. The summed E-state index contributed by atoms with van der Waals surface area (Å²) < 4.78 is 33.0. The van der Waals surface area contributed by atoms with E-state index in [-0.39, 0.29) is 23.8 Å². The minimum absolute atomic E-state index is 0.0383. The zero-order valence-electron chi connectivity index (χ0n) is 15.9. The van der Waals surface area contributed by atoms with Crippen molar-refractivity contribution in [1.29, 1.82) is 0 Å². The summed E-state index contributed by atoms with van der Waals surface area (Å²) in [6, 6.07) is 6.87. The Bertz CT molecular complexity index is 719. The van der Waals surface area contributed by atoms with Crippen LogP contribution in [0.3, 0.4) is 0 Å². The van der Waals surface area contributed by atoms with Crippen LogP contribution in [-0.2, 0) is 19.6 Å². The van der Waals surface area contributed by atoms with Crippen molar-refractivity contribution in [3.8, 4) is 0 Å². The first-order chi connectivity index (χ1) is 12.9. The van der Waals surface area contributed by atoms with E-state index >= 15 is 0 Å². The number of carbonyl (C=O) groups excluding carboxylic acids is 1. The van der Waals surface area contributed by atoms with Crippen LogP contribution in [0.25, 0.3) is 0 Å². The molecule has 2 fully saturated rings. The first kappa shape index (κ1) is 20.3. The Hall–Kier alpha value is -1.44. The van der Waals surface area contributed by atoms with Gasteiger partial charge in [0.2, 0.25) is 15.9 Å². The summed E-state index contributed by atoms with van der Waals surface area (Å²) in [6.45, 7) is 3.76. The van der Waals surface area contributed by atoms with Gasteiger partial charge in [-0.1, -0.05) is 17.7 Å². The van der Waals surface area contributed by atoms with Crippen LogP contribution in [-0.4, -0.2) is 40.1 Å². The standard InChI is InChI=1S/C20H30N2O4S/c1-15-4-10-19(11-5-15)27(24,25)22-13-16-6-8-17(9-7-16)20(23)21-14-18-3-2-12-26-18/h4-5,10-11,16-18,22H,2-3,6-9,12-14H2,1H3,(H,21,23)/t16?,17?,18-/m0/s1. The zero-order chi connectivity index (χ0) is 19.3. The molecule has 0 spiro atoms. The summed E-state index contributed by atoms with van der Waals surface area (Å²) in [5.74, 6) is 0.438. The second-order valence-electron chi connectivity index (χ2n) is 7.76. The third-order valence-corrected chi connectivity index (χ3v) is 7.08. The largest absolute Gasteiger partial charge is 0.376 e. The van der Waals surface area contributed by atoms with Crippen LogP contribution in [0.5, 0.6) is 0 Å². The van der Waals surface area contributed by atoms with E-state index in [4.69, 9.17) is 4.74 Å². The highest BCUT2D eigenvalue weighted by Gasteiger charge is 2.28. The van der Waals surface area contributed by atoms with Gasteiger partial charge in [-0.3, -0.25) is 4.79 Å². The lowest BCUT2D eigenvalue weighted by Crippen LogP contribution is -2.38. The van der Waals surface area contributed by atoms with Gasteiger partial charge in [-0.05, 0) is 63.5 Å². The van der Waals surface area contributed by atoms with Crippen molar-refractivity contribution >= 4 is 15.9 Å². The van der Waals surface area contributed by atoms with Gasteiger partial charge in [0.05, 0.1) is 11.0 Å². The average Bonchev–Trinajstić information content (AvgIpc) is 3.19. The Morgan fingerprint density at radius 1 is 1.07 bits per heavy atom. The van der Waals surface area contributed by atoms with Crippen molar-refractivity contribution in [2.45, 2.75) is 56.4 Å². The van der Waals surface area contributed by atoms with Crippen LogP contribution in [0.2, 0.25) is 0 Å². The first-order valence-electron chi connectivity index (χ1n) is 9.89. The van der Waals surface area contributed by atoms with Crippen molar-refractivity contribution in [1.82, 2.24) is 10.0 Å². The maximum absolute atomic E-state index is 12.4. The van der Waals surface area contributed by atoms with E-state index in [0.717, 1.165) is 50.7 Å². The molecule has 1 aliphatic heterocycles. The fraction of sp³-hybridized carbons (Fsp3) is 0.650. The summed E-state index contributed by atoms with van der Waals surface area (Å²) >= 11 is 0. The van der Waals surface area contributed by atoms with Gasteiger partial charge in [-0.25, -0.2) is 13.1 Å². The molecule has 0 radical (unpaired) electrons. The van der Waals surface area contributed by atoms with Gasteiger partial charge in [0.15, 0.2) is 0 Å². The van der Waals surface area contributed by atoms with Crippen LogP contribution in [0, 0.1) is 18.8 Å². The van der Waals surface area contributed by atoms with Crippen LogP contribution in [0.15, 0.2) is 29.2 Å². The van der Waals surface area contributed by atoms with E-state index < -0.39 is 10.0 Å². The summed E-state index contributed by atoms with van der Waals surface area (Å²) in [5, 5.41) is 3.02. The van der Waals surface area contributed by atoms with Crippen molar-refractivity contribution in [3.05, 3.63) is 29.8 Å². The van der Waals surface area contributed by atoms with Crippen LogP contribution < -0.4 is 10.0 Å². The molecule has 0 bridgehead atoms. The minimum Gasteiger partial charge on any atom is -0.376 e. The number of sulfonamides is 1. The van der Waals surface area contributed by atoms with Crippen molar-refractivity contribution in [2.75, 3.05) is 19.7 Å². The Morgan fingerprint density at radius 3 is 2.41 bits per heavy atom. The fourth-order valence-corrected chi connectivity index (χ4v) is 4.94. The molecule has 6 nitrogen and oxygen atoms in total. The fourth-order valence-electron chi connectivity index (χ4n) is 3.82. The first-order valence-corrected chi connectivity index (χ1v) is 11.4. The quantitative estimate of drug-likeness (QED) is 0.744. The van der Waals surface area contributed by atoms with E-state index in [1.54, 1.807) is 24.3 Å². The normalized spacial score (nSPS) is 26.0. The number of hydrogen-bond acceptors (Lipinski definition) is 4. The van der Waals surface area contributed by atoms with Crippen molar-refractivity contribution in [2.24, 2.45) is 11.8 Å². The molecule has 1 aromatic rings. The van der Waals surface area contributed by atoms with Gasteiger partial charge in [0.1, 0.15) is 0 Å². The molecular formula is C20H30N2O4S. The molecule has 150 valence electrons. The predicted molar refractivity (Wildman–Crippen MR) is 104 cm³/mol. The molecule has 1 atom stereocenters. The van der Waals surface area contributed by atoms with Gasteiger partial charge in [-0.15, -0.1) is 0 Å². The summed E-state index contributed by atoms with van der Waals surface area (Å²) in [4.78, 5) is 12.6. The highest BCUT2D eigenvalue weighted by atomic mass is 32.2. The van der Waals surface area contributed by atoms with Gasteiger partial charge in [0, 0.05) is 25.6 Å². The van der Waals surface area contributed by atoms with Crippen LogP contribution >= 0.6 is 0 Å². The number of benzene rings is 1. The topological polar surface area (TPSA) is 84.5 Å². The number of ether oxygens (including phenoxy) is 1. The van der Waals surface area contributed by atoms with Crippen LogP contribution in [0.1, 0.15) is 44.1 Å². The monoisotopic (exact) mass is 394 g/mol. The van der Waals surface area contributed by atoms with Crippen LogP contribution in [0.4, 0.5) is 0 Å². The number of rotatable bonds is 7. The van der Waals surface area contributed by atoms with Gasteiger partial charge in [-0.2, -0.15) is 0 Å². The lowest BCUT2D eigenvalue weighted by Gasteiger charge is -2.28. The Balaban J connectivity index is 1.40. The van der Waals surface area contributed by atoms with Gasteiger partial charge in [0.25, 0.3) is 0 Å². The number of carbonyl (C=O) groups is 1. The molecule has 0 aromatic heterocycles. The maximum atomic E-state index is 12.4. The van der Waals surface area contributed by atoms with E-state index in [2.05, 4.69) is 10.0 Å². The van der Waals surface area contributed by atoms with Gasteiger partial charge < -0.3 is 10.1 Å². The SMILES string of the molecule is Cc1ccc(S(=O)(=O)NCC2CCC(C(=O)NC[C@@H]3CCCO3)CC2)cc1. The Kier molecular flexibility index (Phi) is 6.89. The Morgan fingerprint density at radius 2 is 1.78 bits per heavy atom. The third kappa shape index (κ3) is 5.77. The minimum atomic E-state index is -3.47. The number of aryl methyl sites for hydroxylation is 1. The molecule has 1 saturated carbocycles. The second-order valence-corrected chi connectivity index (χ2v) is 9.53. The van der Waals surface area contributed by atoms with Crippen molar-refractivity contribution in [3.63, 3.8) is 0 Å². The van der Waals surface area contributed by atoms with E-state index in [1.165, 1.54) is 0 Å². The van der Waals surface area contributed by atoms with Crippen molar-refractivity contribution < 1.29 is 17.9 Å². The number of nitrogens with one attached hydrogen (secondary N) is 2. The maximum Gasteiger partial charge on any atom is 0.240 e. The smallest absolute Gasteiger partial charge is 0.240 e. The molecule has 3 rings (SSSR count). The average molecular weight is 395 g/mol. The molecule has 1 aromatic carbocycles. The molecule has 0 unspecified atom stereocenters. The summed E-state index contributed by atoms with van der Waals surface area (Å²) in [6.07, 6.45) is 5.63. The molecule has 2 N–H and O–H groups in total. The lowest BCUT2D eigenvalue weighted by molar-refractivity contribution is -0.126. The number of hydrogen-bond donors (Lipinski definition) is 2. The van der Waals surface area contributed by atoms with E-state index in [1.807, 2.05) is 6.92 Å². The Labute approximate surface area is 162 Å². The molecule has 2 aliphatic rings. The predicted octanol–water partition coefficient (Wildman–Crippen LogP) is 2.37. The molecule has 1 amide bonds.